The quantitative estimate of drug-likeness (QED) is 0.176. The normalized spacial score (nSPS) is 13.2. The molecular formula is C32H48N2O8S2. The van der Waals surface area contributed by atoms with Gasteiger partial charge in [-0.25, -0.2) is 0 Å². The summed E-state index contributed by atoms with van der Waals surface area (Å²) in [5.74, 6) is 0.528. The number of hydrogen-bond donors (Lipinski definition) is 5. The third-order valence-electron chi connectivity index (χ3n) is 6.15. The lowest BCUT2D eigenvalue weighted by Crippen LogP contribution is -2.51. The number of nitrogens with one attached hydrogen (secondary N) is 1. The van der Waals surface area contributed by atoms with E-state index in [1.807, 2.05) is 44.2 Å². The summed E-state index contributed by atoms with van der Waals surface area (Å²) in [4.78, 5) is -0.133. The molecule has 0 aliphatic carbocycles. The molecule has 246 valence electrons. The van der Waals surface area contributed by atoms with E-state index < -0.39 is 26.3 Å². The van der Waals surface area contributed by atoms with Gasteiger partial charge >= 0.3 is 0 Å². The molecule has 0 aliphatic heterocycles. The minimum absolute atomic E-state index is 0.0666. The second-order valence-corrected chi connectivity index (χ2v) is 14.5. The van der Waals surface area contributed by atoms with Gasteiger partial charge in [0.05, 0.1) is 22.5 Å². The highest BCUT2D eigenvalue weighted by molar-refractivity contribution is 7.86. The lowest BCUT2D eigenvalue weighted by molar-refractivity contribution is 0.0555. The van der Waals surface area contributed by atoms with E-state index in [-0.39, 0.29) is 21.4 Å². The third-order valence-corrected chi connectivity index (χ3v) is 7.89. The molecule has 0 saturated carbocycles. The van der Waals surface area contributed by atoms with Crippen molar-refractivity contribution in [2.24, 2.45) is 11.7 Å². The molecule has 0 aromatic heterocycles. The van der Waals surface area contributed by atoms with Crippen LogP contribution in [0, 0.1) is 19.8 Å². The number of aliphatic hydroxyl groups is 1. The number of rotatable bonds is 12. The van der Waals surface area contributed by atoms with E-state index in [1.54, 1.807) is 24.3 Å². The van der Waals surface area contributed by atoms with E-state index in [2.05, 4.69) is 33.0 Å². The lowest BCUT2D eigenvalue weighted by Gasteiger charge is -2.29. The number of nitrogens with two attached hydrogens (primary N) is 1. The SMILES string of the molecule is CC(C)COCC(C)(C)NC[C@@H](O)[C@@H](N)Cc1ccccc1.Cc1ccc(S(=O)(=O)O)cc1.Cc1ccc(S(=O)(=O)O)cc1. The molecule has 10 nitrogen and oxygen atoms in total. The van der Waals surface area contributed by atoms with Gasteiger partial charge in [-0.1, -0.05) is 79.6 Å². The van der Waals surface area contributed by atoms with Crippen molar-refractivity contribution in [1.82, 2.24) is 5.32 Å². The second-order valence-electron chi connectivity index (χ2n) is 11.7. The Morgan fingerprint density at radius 1 is 0.795 bits per heavy atom. The maximum atomic E-state index is 10.5. The Morgan fingerprint density at radius 2 is 1.23 bits per heavy atom. The number of aliphatic hydroxyl groups excluding tert-OH is 1. The average Bonchev–Trinajstić information content (AvgIpc) is 2.92. The number of aryl methyl sites for hydroxylation is 2. The van der Waals surface area contributed by atoms with Crippen LogP contribution in [0.2, 0.25) is 0 Å². The summed E-state index contributed by atoms with van der Waals surface area (Å²) in [6.45, 7) is 13.9. The van der Waals surface area contributed by atoms with E-state index >= 15 is 0 Å². The van der Waals surface area contributed by atoms with E-state index in [0.29, 0.717) is 25.5 Å². The van der Waals surface area contributed by atoms with E-state index in [1.165, 1.54) is 24.3 Å². The minimum Gasteiger partial charge on any atom is -0.390 e. The Bertz CT molecular complexity index is 1370. The first-order valence-electron chi connectivity index (χ1n) is 14.2. The van der Waals surface area contributed by atoms with Gasteiger partial charge in [0.2, 0.25) is 0 Å². The number of β-amino-alcohol motifs (C(OH)–C–C–N with tert-alkyl or cyclic N) is 1. The fourth-order valence-electron chi connectivity index (χ4n) is 3.58. The van der Waals surface area contributed by atoms with Crippen LogP contribution < -0.4 is 11.1 Å². The monoisotopic (exact) mass is 652 g/mol. The van der Waals surface area contributed by atoms with Gasteiger partial charge in [-0.2, -0.15) is 16.8 Å². The summed E-state index contributed by atoms with van der Waals surface area (Å²) in [5, 5.41) is 13.6. The van der Waals surface area contributed by atoms with Crippen LogP contribution in [0.15, 0.2) is 88.7 Å². The number of benzene rings is 3. The highest BCUT2D eigenvalue weighted by Gasteiger charge is 2.22. The Balaban J connectivity index is 0.000000367. The number of ether oxygens (including phenoxy) is 1. The van der Waals surface area contributed by atoms with Crippen LogP contribution in [0.5, 0.6) is 0 Å². The standard InChI is InChI=1S/C18H32N2O2.2C7H8O3S/c1-14(2)12-22-13-18(3,4)20-11-17(21)16(19)10-15-8-6-5-7-9-15;2*1-6-2-4-7(5-3-6)11(8,9)10/h5-9,14,16-17,20-21H,10-13,19H2,1-4H3;2*2-5H,1H3,(H,8,9,10)/t16-,17+;;/m0../s1. The van der Waals surface area contributed by atoms with Crippen LogP contribution in [-0.4, -0.2) is 68.5 Å². The van der Waals surface area contributed by atoms with Crippen molar-refractivity contribution < 1.29 is 35.8 Å². The van der Waals surface area contributed by atoms with E-state index in [9.17, 15) is 21.9 Å². The Morgan fingerprint density at radius 3 is 1.61 bits per heavy atom. The lowest BCUT2D eigenvalue weighted by atomic mass is 10.0. The van der Waals surface area contributed by atoms with Gasteiger partial charge < -0.3 is 20.9 Å². The van der Waals surface area contributed by atoms with Crippen LogP contribution in [0.1, 0.15) is 44.4 Å². The van der Waals surface area contributed by atoms with Crippen LogP contribution >= 0.6 is 0 Å². The van der Waals surface area contributed by atoms with Crippen LogP contribution in [-0.2, 0) is 31.4 Å². The number of hydrogen-bond acceptors (Lipinski definition) is 8. The molecule has 3 aromatic rings. The van der Waals surface area contributed by atoms with Crippen molar-refractivity contribution in [2.75, 3.05) is 19.8 Å². The molecule has 0 aliphatic rings. The molecule has 0 radical (unpaired) electrons. The molecule has 3 rings (SSSR count). The molecule has 6 N–H and O–H groups in total. The smallest absolute Gasteiger partial charge is 0.294 e. The summed E-state index contributed by atoms with van der Waals surface area (Å²) < 4.78 is 64.8. The topological polar surface area (TPSA) is 176 Å². The van der Waals surface area contributed by atoms with Gasteiger partial charge in [0.25, 0.3) is 20.2 Å². The van der Waals surface area contributed by atoms with E-state index in [0.717, 1.165) is 23.3 Å². The van der Waals surface area contributed by atoms with Crippen molar-refractivity contribution in [3.05, 3.63) is 95.6 Å². The molecule has 0 bridgehead atoms. The second kappa shape index (κ2) is 18.3. The van der Waals surface area contributed by atoms with Gasteiger partial charge in [-0.3, -0.25) is 9.11 Å². The zero-order chi connectivity index (χ0) is 33.6. The molecule has 0 spiro atoms. The van der Waals surface area contributed by atoms with Crippen molar-refractivity contribution in [1.29, 1.82) is 0 Å². The summed E-state index contributed by atoms with van der Waals surface area (Å²) in [7, 11) is -8.04. The van der Waals surface area contributed by atoms with Crippen molar-refractivity contribution in [3.63, 3.8) is 0 Å². The van der Waals surface area contributed by atoms with Gasteiger partial charge in [0.15, 0.2) is 0 Å². The fraction of sp³-hybridized carbons (Fsp3) is 0.438. The molecule has 12 heteroatoms. The predicted molar refractivity (Wildman–Crippen MR) is 174 cm³/mol. The minimum atomic E-state index is -4.02. The fourth-order valence-corrected chi connectivity index (χ4v) is 4.54. The predicted octanol–water partition coefficient (Wildman–Crippen LogP) is 4.44. The van der Waals surface area contributed by atoms with Gasteiger partial charge in [-0.15, -0.1) is 0 Å². The highest BCUT2D eigenvalue weighted by atomic mass is 32.2. The summed E-state index contributed by atoms with van der Waals surface area (Å²) in [6.07, 6.45) is 0.0955. The van der Waals surface area contributed by atoms with Gasteiger partial charge in [0.1, 0.15) is 0 Å². The van der Waals surface area contributed by atoms with Gasteiger partial charge in [0, 0.05) is 24.7 Å². The van der Waals surface area contributed by atoms with Gasteiger partial charge in [-0.05, 0) is 69.9 Å². The molecule has 0 heterocycles. The van der Waals surface area contributed by atoms with Crippen LogP contribution in [0.4, 0.5) is 0 Å². The zero-order valence-electron chi connectivity index (χ0n) is 26.3. The Labute approximate surface area is 263 Å². The molecule has 0 unspecified atom stereocenters. The van der Waals surface area contributed by atoms with Crippen molar-refractivity contribution in [3.8, 4) is 0 Å². The first-order chi connectivity index (χ1) is 20.3. The van der Waals surface area contributed by atoms with Crippen LogP contribution in [0.3, 0.4) is 0 Å². The summed E-state index contributed by atoms with van der Waals surface area (Å²) in [6, 6.07) is 21.7. The average molecular weight is 653 g/mol. The summed E-state index contributed by atoms with van der Waals surface area (Å²) in [5.41, 5.74) is 8.98. The largest absolute Gasteiger partial charge is 0.390 e. The maximum Gasteiger partial charge on any atom is 0.294 e. The molecule has 0 amide bonds. The molecule has 0 saturated heterocycles. The first-order valence-corrected chi connectivity index (χ1v) is 17.1. The van der Waals surface area contributed by atoms with E-state index in [4.69, 9.17) is 19.6 Å². The molecular weight excluding hydrogens is 604 g/mol. The molecule has 44 heavy (non-hydrogen) atoms. The Kier molecular flexibility index (Phi) is 16.4. The Hall–Kier alpha value is -2.68. The van der Waals surface area contributed by atoms with Crippen LogP contribution in [0.25, 0.3) is 0 Å². The van der Waals surface area contributed by atoms with Crippen molar-refractivity contribution in [2.45, 2.75) is 75.4 Å². The maximum absolute atomic E-state index is 10.5. The third kappa shape index (κ3) is 17.0. The zero-order valence-corrected chi connectivity index (χ0v) is 28.0. The highest BCUT2D eigenvalue weighted by Crippen LogP contribution is 2.10. The molecule has 0 fully saturated rings. The molecule has 2 atom stereocenters. The molecule has 3 aromatic carbocycles. The van der Waals surface area contributed by atoms with Crippen molar-refractivity contribution >= 4 is 20.2 Å². The first kappa shape index (κ1) is 39.3. The summed E-state index contributed by atoms with van der Waals surface area (Å²) >= 11 is 0.